The van der Waals surface area contributed by atoms with Crippen LogP contribution < -0.4 is 10.9 Å². The Hall–Kier alpha value is -2.88. The maximum absolute atomic E-state index is 13.4. The minimum Gasteiger partial charge on any atom is -0.379 e. The average molecular weight is 482 g/mol. The molecule has 1 fully saturated rings. The van der Waals surface area contributed by atoms with E-state index in [9.17, 15) is 9.59 Å². The summed E-state index contributed by atoms with van der Waals surface area (Å²) in [6.07, 6.45) is 0. The van der Waals surface area contributed by atoms with Crippen LogP contribution in [0.2, 0.25) is 0 Å². The number of carbonyl (C=O) groups excluding carboxylic acids is 1. The monoisotopic (exact) mass is 481 g/mol. The van der Waals surface area contributed by atoms with Crippen molar-refractivity contribution in [2.24, 2.45) is 7.05 Å². The van der Waals surface area contributed by atoms with Gasteiger partial charge >= 0.3 is 0 Å². The van der Waals surface area contributed by atoms with Crippen LogP contribution in [0.15, 0.2) is 29.1 Å². The second-order valence-corrected chi connectivity index (χ2v) is 9.80. The summed E-state index contributed by atoms with van der Waals surface area (Å²) in [7, 11) is 1.63. The number of aryl methyl sites for hydroxylation is 4. The van der Waals surface area contributed by atoms with Gasteiger partial charge in [0.2, 0.25) is 0 Å². The Bertz CT molecular complexity index is 1240. The smallest absolute Gasteiger partial charge is 0.277 e. The predicted octanol–water partition coefficient (Wildman–Crippen LogP) is 2.94. The Labute approximate surface area is 203 Å². The molecular weight excluding hydrogens is 450 g/mol. The van der Waals surface area contributed by atoms with Crippen molar-refractivity contribution >= 4 is 17.2 Å². The highest BCUT2D eigenvalue weighted by atomic mass is 32.1. The normalized spacial score (nSPS) is 15.3. The van der Waals surface area contributed by atoms with E-state index in [2.05, 4.69) is 51.5 Å². The minimum atomic E-state index is -0.214. The van der Waals surface area contributed by atoms with E-state index in [0.29, 0.717) is 40.9 Å². The number of hydrogen-bond donors (Lipinski definition) is 1. The van der Waals surface area contributed by atoms with Gasteiger partial charge in [0.05, 0.1) is 36.2 Å². The molecule has 9 heteroatoms. The van der Waals surface area contributed by atoms with E-state index in [1.165, 1.54) is 21.6 Å². The molecule has 0 bridgehead atoms. The van der Waals surface area contributed by atoms with Gasteiger partial charge in [-0.1, -0.05) is 29.8 Å². The van der Waals surface area contributed by atoms with Crippen molar-refractivity contribution in [2.75, 3.05) is 32.8 Å². The van der Waals surface area contributed by atoms with Gasteiger partial charge in [0.25, 0.3) is 11.5 Å². The summed E-state index contributed by atoms with van der Waals surface area (Å²) in [6.45, 7) is 11.4. The summed E-state index contributed by atoms with van der Waals surface area (Å²) in [4.78, 5) is 33.7. The molecule has 180 valence electrons. The third kappa shape index (κ3) is 5.11. The number of amides is 1. The van der Waals surface area contributed by atoms with Gasteiger partial charge in [0.15, 0.2) is 0 Å². The molecule has 0 radical (unpaired) electrons. The number of aromatic nitrogens is 3. The number of rotatable bonds is 6. The first-order valence-corrected chi connectivity index (χ1v) is 12.3. The molecule has 1 N–H and O–H groups in total. The highest BCUT2D eigenvalue weighted by molar-refractivity contribution is 7.17. The molecule has 0 unspecified atom stereocenters. The Morgan fingerprint density at radius 2 is 1.79 bits per heavy atom. The van der Waals surface area contributed by atoms with Crippen LogP contribution in [-0.4, -0.2) is 58.4 Å². The lowest BCUT2D eigenvalue weighted by molar-refractivity contribution is 0.0332. The van der Waals surface area contributed by atoms with E-state index in [-0.39, 0.29) is 17.5 Å². The van der Waals surface area contributed by atoms with E-state index < -0.39 is 0 Å². The number of nitrogens with zero attached hydrogens (tertiary/aromatic N) is 4. The average Bonchev–Trinajstić information content (AvgIpc) is 3.20. The first kappa shape index (κ1) is 24.3. The summed E-state index contributed by atoms with van der Waals surface area (Å²) in [5, 5.41) is 8.02. The highest BCUT2D eigenvalue weighted by Gasteiger charge is 2.25. The van der Waals surface area contributed by atoms with Crippen LogP contribution in [-0.2, 0) is 11.8 Å². The van der Waals surface area contributed by atoms with Crippen LogP contribution in [0.1, 0.15) is 43.8 Å². The van der Waals surface area contributed by atoms with Gasteiger partial charge in [-0.05, 0) is 38.8 Å². The van der Waals surface area contributed by atoms with E-state index in [4.69, 9.17) is 4.74 Å². The molecule has 3 aromatic rings. The van der Waals surface area contributed by atoms with Gasteiger partial charge in [0, 0.05) is 26.7 Å². The van der Waals surface area contributed by atoms with Crippen molar-refractivity contribution in [3.8, 4) is 10.6 Å². The largest absolute Gasteiger partial charge is 0.379 e. The first-order valence-electron chi connectivity index (χ1n) is 11.4. The third-order valence-corrected chi connectivity index (χ3v) is 7.45. The highest BCUT2D eigenvalue weighted by Crippen LogP contribution is 2.29. The molecule has 1 aliphatic heterocycles. The molecule has 3 heterocycles. The van der Waals surface area contributed by atoms with Crippen LogP contribution in [0.25, 0.3) is 10.6 Å². The van der Waals surface area contributed by atoms with Gasteiger partial charge in [-0.15, -0.1) is 11.3 Å². The number of morpholine rings is 1. The molecule has 34 heavy (non-hydrogen) atoms. The Balaban J connectivity index is 1.63. The summed E-state index contributed by atoms with van der Waals surface area (Å²) in [6, 6.07) is 8.09. The molecule has 4 rings (SSSR count). The van der Waals surface area contributed by atoms with Crippen LogP contribution in [0.4, 0.5) is 0 Å². The summed E-state index contributed by atoms with van der Waals surface area (Å²) in [5.41, 5.74) is 4.69. The summed E-state index contributed by atoms with van der Waals surface area (Å²) >= 11 is 1.25. The minimum absolute atomic E-state index is 0.172. The molecule has 0 saturated carbocycles. The van der Waals surface area contributed by atoms with Gasteiger partial charge in [-0.2, -0.15) is 5.10 Å². The van der Waals surface area contributed by atoms with Crippen LogP contribution in [0, 0.1) is 27.7 Å². The van der Waals surface area contributed by atoms with Crippen LogP contribution >= 0.6 is 11.3 Å². The fraction of sp³-hybridized carbons (Fsp3) is 0.440. The molecule has 1 aliphatic rings. The second-order valence-electron chi connectivity index (χ2n) is 8.80. The fourth-order valence-electron chi connectivity index (χ4n) is 4.11. The summed E-state index contributed by atoms with van der Waals surface area (Å²) < 4.78 is 6.81. The maximum atomic E-state index is 13.4. The van der Waals surface area contributed by atoms with E-state index in [1.807, 2.05) is 20.8 Å². The van der Waals surface area contributed by atoms with Crippen molar-refractivity contribution in [3.63, 3.8) is 0 Å². The van der Waals surface area contributed by atoms with E-state index in [1.54, 1.807) is 7.05 Å². The standard InChI is InChI=1S/C25H31N5O3S/c1-15-6-8-19(9-7-15)20(14-30-10-12-33-13-11-30)27-23(31)22-18(4)26-24(34-22)21-16(2)17(3)28-29(5)25(21)32/h6-9,20H,10-14H2,1-5H3,(H,27,31)/t20-/m0/s1. The molecule has 2 aromatic heterocycles. The Kier molecular flexibility index (Phi) is 7.25. The lowest BCUT2D eigenvalue weighted by Gasteiger charge is -2.31. The molecular formula is C25H31N5O3S. The van der Waals surface area contributed by atoms with Crippen LogP contribution in [0.3, 0.4) is 0 Å². The number of ether oxygens (including phenoxy) is 1. The Morgan fingerprint density at radius 1 is 1.12 bits per heavy atom. The lowest BCUT2D eigenvalue weighted by Crippen LogP contribution is -2.43. The topological polar surface area (TPSA) is 89.4 Å². The Morgan fingerprint density at radius 3 is 2.47 bits per heavy atom. The fourth-order valence-corrected chi connectivity index (χ4v) is 5.18. The number of carbonyl (C=O) groups is 1. The van der Waals surface area contributed by atoms with Crippen molar-refractivity contribution < 1.29 is 9.53 Å². The molecule has 1 saturated heterocycles. The zero-order valence-corrected chi connectivity index (χ0v) is 21.2. The second kappa shape index (κ2) is 10.2. The number of thiazole rings is 1. The van der Waals surface area contributed by atoms with Gasteiger partial charge < -0.3 is 10.1 Å². The van der Waals surface area contributed by atoms with E-state index in [0.717, 1.165) is 29.9 Å². The van der Waals surface area contributed by atoms with E-state index >= 15 is 0 Å². The van der Waals surface area contributed by atoms with Gasteiger partial charge in [-0.25, -0.2) is 9.67 Å². The number of nitrogens with one attached hydrogen (secondary N) is 1. The molecule has 1 amide bonds. The van der Waals surface area contributed by atoms with Gasteiger partial charge in [0.1, 0.15) is 9.88 Å². The SMILES string of the molecule is Cc1ccc([C@H](CN2CCOCC2)NC(=O)c2sc(-c3c(C)c(C)nn(C)c3=O)nc2C)cc1. The third-order valence-electron chi connectivity index (χ3n) is 6.27. The summed E-state index contributed by atoms with van der Waals surface area (Å²) in [5.74, 6) is -0.180. The molecule has 1 aromatic carbocycles. The quantitative estimate of drug-likeness (QED) is 0.582. The van der Waals surface area contributed by atoms with Crippen molar-refractivity contribution in [3.05, 3.63) is 67.6 Å². The number of benzene rings is 1. The number of hydrogen-bond acceptors (Lipinski definition) is 7. The molecule has 0 spiro atoms. The molecule has 1 atom stereocenters. The molecule has 8 nitrogen and oxygen atoms in total. The van der Waals surface area contributed by atoms with Crippen molar-refractivity contribution in [1.82, 2.24) is 25.0 Å². The van der Waals surface area contributed by atoms with Gasteiger partial charge in [-0.3, -0.25) is 14.5 Å². The zero-order valence-electron chi connectivity index (χ0n) is 20.3. The van der Waals surface area contributed by atoms with Crippen molar-refractivity contribution in [1.29, 1.82) is 0 Å². The zero-order chi connectivity index (χ0) is 24.4. The first-order chi connectivity index (χ1) is 16.2. The maximum Gasteiger partial charge on any atom is 0.277 e. The van der Waals surface area contributed by atoms with Crippen LogP contribution in [0.5, 0.6) is 0 Å². The predicted molar refractivity (Wildman–Crippen MR) is 133 cm³/mol. The van der Waals surface area contributed by atoms with Crippen molar-refractivity contribution in [2.45, 2.75) is 33.7 Å². The molecule has 0 aliphatic carbocycles. The lowest BCUT2D eigenvalue weighted by atomic mass is 10.0.